The summed E-state index contributed by atoms with van der Waals surface area (Å²) < 4.78 is 6.09. The molecule has 2 aliphatic heterocycles. The minimum atomic E-state index is 0. The van der Waals surface area contributed by atoms with Crippen molar-refractivity contribution in [1.82, 2.24) is 5.32 Å². The second kappa shape index (κ2) is 5.38. The Labute approximate surface area is 109 Å². The average Bonchev–Trinajstić information content (AvgIpc) is 2.80. The van der Waals surface area contributed by atoms with Gasteiger partial charge in [0.05, 0.1) is 11.6 Å². The van der Waals surface area contributed by atoms with Crippen molar-refractivity contribution in [3.63, 3.8) is 0 Å². The quantitative estimate of drug-likeness (QED) is 0.831. The summed E-state index contributed by atoms with van der Waals surface area (Å²) in [6.07, 6.45) is 4.87. The summed E-state index contributed by atoms with van der Waals surface area (Å²) >= 11 is 0. The lowest BCUT2D eigenvalue weighted by Crippen LogP contribution is -2.48. The molecular formula is C14H20ClNO. The topological polar surface area (TPSA) is 21.3 Å². The summed E-state index contributed by atoms with van der Waals surface area (Å²) in [5.74, 6) is 0. The van der Waals surface area contributed by atoms with E-state index in [-0.39, 0.29) is 18.0 Å². The largest absolute Gasteiger partial charge is 0.373 e. The van der Waals surface area contributed by atoms with Crippen molar-refractivity contribution in [3.8, 4) is 0 Å². The van der Waals surface area contributed by atoms with Crippen LogP contribution in [0.2, 0.25) is 0 Å². The van der Waals surface area contributed by atoms with Crippen LogP contribution in [-0.2, 0) is 4.74 Å². The smallest absolute Gasteiger partial charge is 0.0877 e. The van der Waals surface area contributed by atoms with Crippen LogP contribution in [0.3, 0.4) is 0 Å². The van der Waals surface area contributed by atoms with E-state index in [0.29, 0.717) is 6.04 Å². The highest BCUT2D eigenvalue weighted by Gasteiger charge is 2.44. The summed E-state index contributed by atoms with van der Waals surface area (Å²) in [7, 11) is 0. The van der Waals surface area contributed by atoms with Crippen molar-refractivity contribution < 1.29 is 4.74 Å². The van der Waals surface area contributed by atoms with Crippen LogP contribution in [0.15, 0.2) is 30.3 Å². The van der Waals surface area contributed by atoms with Gasteiger partial charge < -0.3 is 10.1 Å². The van der Waals surface area contributed by atoms with E-state index < -0.39 is 0 Å². The molecule has 1 aromatic rings. The van der Waals surface area contributed by atoms with Gasteiger partial charge in [-0.25, -0.2) is 0 Å². The number of benzene rings is 1. The zero-order valence-corrected chi connectivity index (χ0v) is 10.8. The maximum absolute atomic E-state index is 6.09. The van der Waals surface area contributed by atoms with Crippen molar-refractivity contribution in [2.45, 2.75) is 37.3 Å². The number of hydrogen-bond acceptors (Lipinski definition) is 2. The van der Waals surface area contributed by atoms with Gasteiger partial charge in [0.15, 0.2) is 0 Å². The Bertz CT molecular complexity index is 348. The molecule has 2 saturated heterocycles. The molecule has 0 bridgehead atoms. The second-order valence-corrected chi connectivity index (χ2v) is 4.92. The number of nitrogens with one attached hydrogen (secondary N) is 1. The van der Waals surface area contributed by atoms with Crippen LogP contribution in [0.4, 0.5) is 0 Å². The lowest BCUT2D eigenvalue weighted by molar-refractivity contribution is -0.0483. The van der Waals surface area contributed by atoms with Gasteiger partial charge in [-0.15, -0.1) is 12.4 Å². The van der Waals surface area contributed by atoms with Crippen LogP contribution < -0.4 is 5.32 Å². The third-order valence-electron chi connectivity index (χ3n) is 3.92. The van der Waals surface area contributed by atoms with E-state index in [1.54, 1.807) is 0 Å². The van der Waals surface area contributed by atoms with E-state index in [1.165, 1.54) is 31.2 Å². The summed E-state index contributed by atoms with van der Waals surface area (Å²) in [5.41, 5.74) is 1.46. The first kappa shape index (κ1) is 12.9. The van der Waals surface area contributed by atoms with Crippen molar-refractivity contribution in [2.24, 2.45) is 0 Å². The first-order valence-corrected chi connectivity index (χ1v) is 6.33. The molecule has 2 aliphatic rings. The SMILES string of the molecule is Cl.c1ccc(C2NCCCC23CCCO3)cc1. The van der Waals surface area contributed by atoms with E-state index in [2.05, 4.69) is 35.6 Å². The highest BCUT2D eigenvalue weighted by atomic mass is 35.5. The zero-order valence-electron chi connectivity index (χ0n) is 10.0. The standard InChI is InChI=1S/C14H19NO.ClH/c1-2-6-12(7-3-1)13-14(8-4-10-15-13)9-5-11-16-14;/h1-3,6-7,13,15H,4-5,8-11H2;1H. The maximum Gasteiger partial charge on any atom is 0.0877 e. The Hall–Kier alpha value is -0.570. The predicted octanol–water partition coefficient (Wildman–Crippen LogP) is 3.08. The van der Waals surface area contributed by atoms with E-state index >= 15 is 0 Å². The minimum absolute atomic E-state index is 0. The maximum atomic E-state index is 6.09. The van der Waals surface area contributed by atoms with Gasteiger partial charge >= 0.3 is 0 Å². The summed E-state index contributed by atoms with van der Waals surface area (Å²) in [5, 5.41) is 3.64. The van der Waals surface area contributed by atoms with Gasteiger partial charge in [-0.3, -0.25) is 0 Å². The molecule has 2 fully saturated rings. The Morgan fingerprint density at radius 3 is 2.59 bits per heavy atom. The van der Waals surface area contributed by atoms with Gasteiger partial charge in [0.1, 0.15) is 0 Å². The molecule has 0 radical (unpaired) electrons. The molecule has 2 nitrogen and oxygen atoms in total. The average molecular weight is 254 g/mol. The molecular weight excluding hydrogens is 234 g/mol. The van der Waals surface area contributed by atoms with Crippen LogP contribution in [0.1, 0.15) is 37.3 Å². The molecule has 2 unspecified atom stereocenters. The molecule has 0 amide bonds. The normalized spacial score (nSPS) is 32.4. The Morgan fingerprint density at radius 1 is 1.12 bits per heavy atom. The first-order valence-electron chi connectivity index (χ1n) is 6.33. The summed E-state index contributed by atoms with van der Waals surface area (Å²) in [6, 6.07) is 11.1. The van der Waals surface area contributed by atoms with E-state index in [1.807, 2.05) is 0 Å². The van der Waals surface area contributed by atoms with Crippen LogP contribution >= 0.6 is 12.4 Å². The van der Waals surface area contributed by atoms with Crippen molar-refractivity contribution in [2.75, 3.05) is 13.2 Å². The third kappa shape index (κ3) is 2.35. The number of halogens is 1. The van der Waals surface area contributed by atoms with Crippen LogP contribution in [-0.4, -0.2) is 18.8 Å². The lowest BCUT2D eigenvalue weighted by atomic mass is 9.80. The van der Waals surface area contributed by atoms with Gasteiger partial charge in [0.2, 0.25) is 0 Å². The highest BCUT2D eigenvalue weighted by molar-refractivity contribution is 5.85. The second-order valence-electron chi connectivity index (χ2n) is 4.92. The fourth-order valence-electron chi connectivity index (χ4n) is 3.18. The van der Waals surface area contributed by atoms with Crippen molar-refractivity contribution >= 4 is 12.4 Å². The van der Waals surface area contributed by atoms with Gasteiger partial charge in [-0.2, -0.15) is 0 Å². The Morgan fingerprint density at radius 2 is 1.88 bits per heavy atom. The van der Waals surface area contributed by atoms with Crippen LogP contribution in [0.5, 0.6) is 0 Å². The first-order chi connectivity index (χ1) is 7.91. The molecule has 1 aromatic carbocycles. The van der Waals surface area contributed by atoms with Crippen molar-refractivity contribution in [1.29, 1.82) is 0 Å². The number of rotatable bonds is 1. The molecule has 94 valence electrons. The molecule has 17 heavy (non-hydrogen) atoms. The highest BCUT2D eigenvalue weighted by Crippen LogP contribution is 2.43. The number of hydrogen-bond donors (Lipinski definition) is 1. The summed E-state index contributed by atoms with van der Waals surface area (Å²) in [4.78, 5) is 0. The van der Waals surface area contributed by atoms with Gasteiger partial charge in [0.25, 0.3) is 0 Å². The fourth-order valence-corrected chi connectivity index (χ4v) is 3.18. The molecule has 0 saturated carbocycles. The van der Waals surface area contributed by atoms with E-state index in [0.717, 1.165) is 13.2 Å². The van der Waals surface area contributed by atoms with Crippen molar-refractivity contribution in [3.05, 3.63) is 35.9 Å². The molecule has 1 spiro atoms. The molecule has 3 rings (SSSR count). The Kier molecular flexibility index (Phi) is 4.08. The molecule has 0 aromatic heterocycles. The molecule has 3 heteroatoms. The monoisotopic (exact) mass is 253 g/mol. The number of ether oxygens (including phenoxy) is 1. The minimum Gasteiger partial charge on any atom is -0.373 e. The van der Waals surface area contributed by atoms with Gasteiger partial charge in [0, 0.05) is 6.61 Å². The molecule has 1 N–H and O–H groups in total. The fraction of sp³-hybridized carbons (Fsp3) is 0.571. The van der Waals surface area contributed by atoms with Gasteiger partial charge in [-0.05, 0) is 37.8 Å². The zero-order chi connectivity index (χ0) is 10.8. The summed E-state index contributed by atoms with van der Waals surface area (Å²) in [6.45, 7) is 2.05. The molecule has 2 atom stereocenters. The van der Waals surface area contributed by atoms with Crippen LogP contribution in [0, 0.1) is 0 Å². The van der Waals surface area contributed by atoms with Crippen LogP contribution in [0.25, 0.3) is 0 Å². The van der Waals surface area contributed by atoms with E-state index in [4.69, 9.17) is 4.74 Å². The lowest BCUT2D eigenvalue weighted by Gasteiger charge is -2.41. The van der Waals surface area contributed by atoms with Gasteiger partial charge in [-0.1, -0.05) is 30.3 Å². The third-order valence-corrected chi connectivity index (χ3v) is 3.92. The molecule has 2 heterocycles. The molecule has 0 aliphatic carbocycles. The predicted molar refractivity (Wildman–Crippen MR) is 71.6 cm³/mol. The Balaban J connectivity index is 0.00000108. The number of piperidine rings is 1. The van der Waals surface area contributed by atoms with E-state index in [9.17, 15) is 0 Å².